The Labute approximate surface area is 104 Å². The lowest BCUT2D eigenvalue weighted by Crippen LogP contribution is -2.48. The minimum atomic E-state index is -0.563. The molecule has 1 unspecified atom stereocenters. The SMILES string of the molecule is CC1(c2cc(F)cc(F)c2)CN=C(N)N1C1CC1. The quantitative estimate of drug-likeness (QED) is 0.873. The van der Waals surface area contributed by atoms with Crippen LogP contribution in [0.2, 0.25) is 0 Å². The predicted molar refractivity (Wildman–Crippen MR) is 65.1 cm³/mol. The molecule has 1 heterocycles. The van der Waals surface area contributed by atoms with Crippen LogP contribution in [0.1, 0.15) is 25.3 Å². The largest absolute Gasteiger partial charge is 0.370 e. The van der Waals surface area contributed by atoms with E-state index in [2.05, 4.69) is 4.99 Å². The summed E-state index contributed by atoms with van der Waals surface area (Å²) in [5.41, 5.74) is 5.96. The topological polar surface area (TPSA) is 41.6 Å². The van der Waals surface area contributed by atoms with Crippen molar-refractivity contribution in [2.75, 3.05) is 6.54 Å². The van der Waals surface area contributed by atoms with Crippen LogP contribution in [0.5, 0.6) is 0 Å². The molecule has 0 aromatic heterocycles. The summed E-state index contributed by atoms with van der Waals surface area (Å²) < 4.78 is 26.7. The zero-order valence-electron chi connectivity index (χ0n) is 10.2. The van der Waals surface area contributed by atoms with Crippen LogP contribution >= 0.6 is 0 Å². The van der Waals surface area contributed by atoms with E-state index in [1.54, 1.807) is 0 Å². The first-order valence-electron chi connectivity index (χ1n) is 6.06. The maximum atomic E-state index is 13.4. The van der Waals surface area contributed by atoms with E-state index in [1.807, 2.05) is 11.8 Å². The van der Waals surface area contributed by atoms with Crippen molar-refractivity contribution in [1.82, 2.24) is 4.90 Å². The van der Waals surface area contributed by atoms with Gasteiger partial charge in [0.15, 0.2) is 5.96 Å². The summed E-state index contributed by atoms with van der Waals surface area (Å²) in [6, 6.07) is 3.97. The van der Waals surface area contributed by atoms with Gasteiger partial charge in [-0.3, -0.25) is 4.99 Å². The molecule has 3 nitrogen and oxygen atoms in total. The summed E-state index contributed by atoms with van der Waals surface area (Å²) in [6.07, 6.45) is 2.12. The number of aliphatic imine (C=N–C) groups is 1. The zero-order valence-corrected chi connectivity index (χ0v) is 10.2. The van der Waals surface area contributed by atoms with E-state index in [-0.39, 0.29) is 0 Å². The third-order valence-corrected chi connectivity index (χ3v) is 3.72. The van der Waals surface area contributed by atoms with E-state index >= 15 is 0 Å². The molecule has 0 spiro atoms. The fraction of sp³-hybridized carbons (Fsp3) is 0.462. The Morgan fingerprint density at radius 1 is 1.28 bits per heavy atom. The van der Waals surface area contributed by atoms with Gasteiger partial charge in [0.05, 0.1) is 12.1 Å². The molecular formula is C13H15F2N3. The molecule has 1 aromatic carbocycles. The highest BCUT2D eigenvalue weighted by Gasteiger charge is 2.47. The van der Waals surface area contributed by atoms with Gasteiger partial charge in [0, 0.05) is 12.1 Å². The third-order valence-electron chi connectivity index (χ3n) is 3.72. The van der Waals surface area contributed by atoms with E-state index in [0.29, 0.717) is 24.1 Å². The van der Waals surface area contributed by atoms with Crippen molar-refractivity contribution in [3.05, 3.63) is 35.4 Å². The predicted octanol–water partition coefficient (Wildman–Crippen LogP) is 1.97. The van der Waals surface area contributed by atoms with Gasteiger partial charge in [-0.15, -0.1) is 0 Å². The zero-order chi connectivity index (χ0) is 12.9. The van der Waals surface area contributed by atoms with Crippen LogP contribution in [0.4, 0.5) is 8.78 Å². The lowest BCUT2D eigenvalue weighted by atomic mass is 9.90. The maximum absolute atomic E-state index is 13.4. The van der Waals surface area contributed by atoms with Gasteiger partial charge in [-0.25, -0.2) is 8.78 Å². The second-order valence-electron chi connectivity index (χ2n) is 5.21. The van der Waals surface area contributed by atoms with Crippen molar-refractivity contribution in [3.63, 3.8) is 0 Å². The number of hydrogen-bond donors (Lipinski definition) is 1. The first-order chi connectivity index (χ1) is 8.50. The molecule has 0 radical (unpaired) electrons. The molecule has 1 saturated carbocycles. The van der Waals surface area contributed by atoms with Crippen LogP contribution in [0.15, 0.2) is 23.2 Å². The number of nitrogens with zero attached hydrogens (tertiary/aromatic N) is 2. The maximum Gasteiger partial charge on any atom is 0.192 e. The van der Waals surface area contributed by atoms with Crippen LogP contribution in [0.3, 0.4) is 0 Å². The van der Waals surface area contributed by atoms with E-state index < -0.39 is 17.2 Å². The molecule has 96 valence electrons. The van der Waals surface area contributed by atoms with Crippen molar-refractivity contribution < 1.29 is 8.78 Å². The van der Waals surface area contributed by atoms with Gasteiger partial charge >= 0.3 is 0 Å². The molecule has 0 saturated heterocycles. The van der Waals surface area contributed by atoms with Gasteiger partial charge in [-0.05, 0) is 37.5 Å². The van der Waals surface area contributed by atoms with Crippen LogP contribution in [0.25, 0.3) is 0 Å². The van der Waals surface area contributed by atoms with Gasteiger partial charge in [0.25, 0.3) is 0 Å². The summed E-state index contributed by atoms with van der Waals surface area (Å²) in [7, 11) is 0. The first-order valence-corrected chi connectivity index (χ1v) is 6.06. The van der Waals surface area contributed by atoms with Crippen LogP contribution in [-0.4, -0.2) is 23.4 Å². The highest BCUT2D eigenvalue weighted by atomic mass is 19.1. The number of halogens is 2. The summed E-state index contributed by atoms with van der Waals surface area (Å²) in [6.45, 7) is 2.38. The van der Waals surface area contributed by atoms with Crippen molar-refractivity contribution in [3.8, 4) is 0 Å². The third kappa shape index (κ3) is 1.65. The highest BCUT2D eigenvalue weighted by molar-refractivity contribution is 5.82. The monoisotopic (exact) mass is 251 g/mol. The van der Waals surface area contributed by atoms with Crippen molar-refractivity contribution in [2.24, 2.45) is 10.7 Å². The standard InChI is InChI=1S/C13H15F2N3/c1-13(8-4-9(14)6-10(15)5-8)7-17-12(16)18(13)11-2-3-11/h4-6,11H,2-3,7H2,1H3,(H2,16,17). The van der Waals surface area contributed by atoms with Crippen molar-refractivity contribution >= 4 is 5.96 Å². The number of hydrogen-bond acceptors (Lipinski definition) is 3. The molecule has 5 heteroatoms. The van der Waals surface area contributed by atoms with Gasteiger partial charge in [0.2, 0.25) is 0 Å². The molecule has 2 aliphatic rings. The first kappa shape index (κ1) is 11.4. The molecule has 1 aliphatic carbocycles. The van der Waals surface area contributed by atoms with Gasteiger partial charge in [-0.1, -0.05) is 0 Å². The Kier molecular flexibility index (Phi) is 2.33. The molecule has 0 amide bonds. The number of guanidine groups is 1. The molecule has 3 rings (SSSR count). The van der Waals surface area contributed by atoms with E-state index in [9.17, 15) is 8.78 Å². The average Bonchev–Trinajstić information content (AvgIpc) is 3.05. The normalized spacial score (nSPS) is 27.5. The van der Waals surface area contributed by atoms with Crippen molar-refractivity contribution in [2.45, 2.75) is 31.3 Å². The summed E-state index contributed by atoms with van der Waals surface area (Å²) >= 11 is 0. The lowest BCUT2D eigenvalue weighted by Gasteiger charge is -2.37. The summed E-state index contributed by atoms with van der Waals surface area (Å²) in [5, 5.41) is 0. The Morgan fingerprint density at radius 3 is 2.44 bits per heavy atom. The van der Waals surface area contributed by atoms with Crippen LogP contribution < -0.4 is 5.73 Å². The van der Waals surface area contributed by atoms with Crippen molar-refractivity contribution in [1.29, 1.82) is 0 Å². The van der Waals surface area contributed by atoms with Crippen LogP contribution in [0, 0.1) is 11.6 Å². The second kappa shape index (κ2) is 3.67. The Morgan fingerprint density at radius 2 is 1.89 bits per heavy atom. The molecule has 1 aliphatic heterocycles. The average molecular weight is 251 g/mol. The lowest BCUT2D eigenvalue weighted by molar-refractivity contribution is 0.215. The molecule has 1 aromatic rings. The van der Waals surface area contributed by atoms with E-state index in [1.165, 1.54) is 12.1 Å². The highest BCUT2D eigenvalue weighted by Crippen LogP contribution is 2.41. The fourth-order valence-electron chi connectivity index (χ4n) is 2.66. The minimum Gasteiger partial charge on any atom is -0.370 e. The van der Waals surface area contributed by atoms with Gasteiger partial charge < -0.3 is 10.6 Å². The Hall–Kier alpha value is -1.65. The van der Waals surface area contributed by atoms with Gasteiger partial charge in [0.1, 0.15) is 11.6 Å². The number of nitrogens with two attached hydrogens (primary N) is 1. The Bertz CT molecular complexity index is 505. The summed E-state index contributed by atoms with van der Waals surface area (Å²) in [5.74, 6) is -0.649. The molecule has 1 atom stereocenters. The fourth-order valence-corrected chi connectivity index (χ4v) is 2.66. The molecule has 1 fully saturated rings. The smallest absolute Gasteiger partial charge is 0.192 e. The molecule has 18 heavy (non-hydrogen) atoms. The number of rotatable bonds is 2. The molecule has 2 N–H and O–H groups in total. The molecule has 0 bridgehead atoms. The molecular weight excluding hydrogens is 236 g/mol. The van der Waals surface area contributed by atoms with Gasteiger partial charge in [-0.2, -0.15) is 0 Å². The minimum absolute atomic E-state index is 0.354. The Balaban J connectivity index is 2.03. The van der Waals surface area contributed by atoms with E-state index in [0.717, 1.165) is 18.9 Å². The summed E-state index contributed by atoms with van der Waals surface area (Å²) in [4.78, 5) is 6.24. The number of benzene rings is 1. The van der Waals surface area contributed by atoms with E-state index in [4.69, 9.17) is 5.73 Å². The second-order valence-corrected chi connectivity index (χ2v) is 5.21. The van der Waals surface area contributed by atoms with Crippen LogP contribution in [-0.2, 0) is 5.54 Å².